The van der Waals surface area contributed by atoms with Gasteiger partial charge in [-0.15, -0.1) is 0 Å². The van der Waals surface area contributed by atoms with E-state index in [-0.39, 0.29) is 30.2 Å². The van der Waals surface area contributed by atoms with Crippen molar-refractivity contribution in [3.05, 3.63) is 109 Å². The molecule has 2 aliphatic heterocycles. The highest BCUT2D eigenvalue weighted by Gasteiger charge is 2.44. The second kappa shape index (κ2) is 17.2. The van der Waals surface area contributed by atoms with Crippen molar-refractivity contribution in [2.24, 2.45) is 11.8 Å². The van der Waals surface area contributed by atoms with Crippen LogP contribution in [0, 0.1) is 11.8 Å². The van der Waals surface area contributed by atoms with Gasteiger partial charge in [0.25, 0.3) is 0 Å². The molecular formula is C45H50N8O8. The molecule has 0 bridgehead atoms. The maximum Gasteiger partial charge on any atom is 0.407 e. The lowest BCUT2D eigenvalue weighted by Crippen LogP contribution is -2.47. The first-order chi connectivity index (χ1) is 29.3. The lowest BCUT2D eigenvalue weighted by Gasteiger charge is -2.26. The van der Waals surface area contributed by atoms with E-state index in [0.29, 0.717) is 41.7 Å². The van der Waals surface area contributed by atoms with Crippen LogP contribution in [0.25, 0.3) is 44.2 Å². The van der Waals surface area contributed by atoms with Crippen molar-refractivity contribution in [1.82, 2.24) is 40.4 Å². The maximum absolute atomic E-state index is 13.6. The van der Waals surface area contributed by atoms with Crippen molar-refractivity contribution in [2.75, 3.05) is 41.5 Å². The summed E-state index contributed by atoms with van der Waals surface area (Å²) < 4.78 is 20.3. The number of benzene rings is 3. The Kier molecular flexibility index (Phi) is 11.9. The number of nitrogens with one attached hydrogen (secondary N) is 4. The van der Waals surface area contributed by atoms with Gasteiger partial charge in [0.15, 0.2) is 0 Å². The molecule has 2 aromatic heterocycles. The van der Waals surface area contributed by atoms with Crippen molar-refractivity contribution in [3.8, 4) is 22.4 Å². The molecule has 318 valence electrons. The lowest BCUT2D eigenvalue weighted by atomic mass is 9.98. The fraction of sp³-hybridized carbons (Fsp3) is 0.333. The molecule has 16 heteroatoms. The Hall–Kier alpha value is -7.10. The number of fused-ring (bicyclic) bond motifs is 3. The monoisotopic (exact) mass is 830 g/mol. The van der Waals surface area contributed by atoms with E-state index in [9.17, 15) is 19.2 Å². The van der Waals surface area contributed by atoms with Gasteiger partial charge in [-0.05, 0) is 60.1 Å². The molecule has 3 aromatic carbocycles. The van der Waals surface area contributed by atoms with Gasteiger partial charge < -0.3 is 49.3 Å². The van der Waals surface area contributed by atoms with Crippen LogP contribution in [0.1, 0.15) is 44.0 Å². The molecule has 7 rings (SSSR count). The van der Waals surface area contributed by atoms with Crippen LogP contribution in [0.2, 0.25) is 0 Å². The molecule has 2 fully saturated rings. The van der Waals surface area contributed by atoms with Crippen molar-refractivity contribution in [3.63, 3.8) is 0 Å². The normalized spacial score (nSPS) is 19.7. The van der Waals surface area contributed by atoms with E-state index in [2.05, 4.69) is 63.5 Å². The van der Waals surface area contributed by atoms with Crippen LogP contribution < -0.4 is 10.6 Å². The predicted octanol–water partition coefficient (Wildman–Crippen LogP) is 6.53. The van der Waals surface area contributed by atoms with Gasteiger partial charge in [-0.3, -0.25) is 9.59 Å². The minimum absolute atomic E-state index is 0.117. The van der Waals surface area contributed by atoms with Crippen molar-refractivity contribution in [2.45, 2.75) is 44.4 Å². The third-order valence-electron chi connectivity index (χ3n) is 11.7. The standard InChI is InChI=1S/C45H50N8O8/c1-23-34(27(5)59-7)22-53(43(55)25(3)48-45(57)61-9)39(23)41-46-20-36(50-41)29-12-10-28(11-13-29)30-14-16-33-31(18-30)15-17-35-38(33)51-40(49-35)37-19-32(26(4)58-6)21-52(37)42(54)24(2)47-44(56)60-8/h10-18,20,24-25,32,34,37,39H,1,4-5,19,21-22H2,2-3,6-9H3,(H,46,50)(H,47,56)(H,48,57)(H,49,51)/t24-,25-,32-,34+,37-,39-/m0/s1. The number of methoxy groups -OCH3 is 4. The van der Waals surface area contributed by atoms with Crippen LogP contribution in [0.5, 0.6) is 0 Å². The molecule has 4 N–H and O–H groups in total. The number of ether oxygens (including phenoxy) is 4. The average molecular weight is 831 g/mol. The van der Waals surface area contributed by atoms with Gasteiger partial charge in [-0.25, -0.2) is 19.6 Å². The number of rotatable bonds is 12. The Morgan fingerprint density at radius 3 is 2.02 bits per heavy atom. The quantitative estimate of drug-likeness (QED) is 0.0794. The number of likely N-dealkylation sites (tertiary alicyclic amines) is 2. The first kappa shape index (κ1) is 42.0. The molecule has 2 saturated heterocycles. The average Bonchev–Trinajstić information content (AvgIpc) is 4.10. The lowest BCUT2D eigenvalue weighted by molar-refractivity contribution is -0.134. The number of imidazole rings is 2. The van der Waals surface area contributed by atoms with Gasteiger partial charge in [0.1, 0.15) is 29.8 Å². The molecule has 4 heterocycles. The third-order valence-corrected chi connectivity index (χ3v) is 11.7. The molecule has 6 atom stereocenters. The Labute approximate surface area is 353 Å². The summed E-state index contributed by atoms with van der Waals surface area (Å²) in [4.78, 5) is 71.0. The zero-order chi connectivity index (χ0) is 43.7. The highest BCUT2D eigenvalue weighted by atomic mass is 16.5. The molecule has 61 heavy (non-hydrogen) atoms. The highest BCUT2D eigenvalue weighted by Crippen LogP contribution is 2.43. The van der Waals surface area contributed by atoms with E-state index >= 15 is 0 Å². The molecule has 5 aromatic rings. The van der Waals surface area contributed by atoms with E-state index < -0.39 is 36.4 Å². The summed E-state index contributed by atoms with van der Waals surface area (Å²) in [7, 11) is 5.59. The SMILES string of the molecule is C=C(OC)[C@H]1C[C@@H](c2nc3c(ccc4cc(-c5ccc(-c6cnc([C@@H]7C(=C)[C@H](C(=C)OC)CN7C(=O)[C@H](C)NC(=O)OC)[nH]6)cc5)ccc43)[nH]2)N(C(=O)[C@H](C)NC(=O)OC)C1. The molecule has 0 spiro atoms. The van der Waals surface area contributed by atoms with Gasteiger partial charge in [-0.1, -0.05) is 62.2 Å². The Morgan fingerprint density at radius 1 is 0.754 bits per heavy atom. The number of nitrogens with zero attached hydrogens (tertiary/aromatic N) is 4. The summed E-state index contributed by atoms with van der Waals surface area (Å²) in [6.45, 7) is 16.2. The number of carbonyl (C=O) groups excluding carboxylic acids is 4. The molecule has 4 amide bonds. The fourth-order valence-electron chi connectivity index (χ4n) is 8.26. The van der Waals surface area contributed by atoms with Crippen LogP contribution in [0.4, 0.5) is 9.59 Å². The van der Waals surface area contributed by atoms with E-state index in [4.69, 9.17) is 23.9 Å². The molecule has 0 saturated carbocycles. The number of carbonyl (C=O) groups is 4. The first-order valence-corrected chi connectivity index (χ1v) is 19.8. The molecule has 16 nitrogen and oxygen atoms in total. The van der Waals surface area contributed by atoms with Gasteiger partial charge in [0, 0.05) is 24.4 Å². The van der Waals surface area contributed by atoms with Crippen molar-refractivity contribution < 1.29 is 38.1 Å². The van der Waals surface area contributed by atoms with E-state index in [1.807, 2.05) is 36.4 Å². The summed E-state index contributed by atoms with van der Waals surface area (Å²) in [5, 5.41) is 7.07. The van der Waals surface area contributed by atoms with Crippen LogP contribution in [0.15, 0.2) is 97.6 Å². The largest absolute Gasteiger partial charge is 0.501 e. The first-order valence-electron chi connectivity index (χ1n) is 19.8. The van der Waals surface area contributed by atoms with Gasteiger partial charge in [0.05, 0.1) is 74.8 Å². The molecule has 0 unspecified atom stereocenters. The Bertz CT molecular complexity index is 2540. The van der Waals surface area contributed by atoms with Crippen LogP contribution in [-0.4, -0.2) is 107 Å². The third kappa shape index (κ3) is 8.12. The maximum atomic E-state index is 13.6. The number of H-pyrrole nitrogens is 2. The van der Waals surface area contributed by atoms with Crippen LogP contribution in [-0.2, 0) is 28.5 Å². The molecule has 2 aliphatic rings. The number of amides is 4. The minimum atomic E-state index is -0.860. The molecule has 0 radical (unpaired) electrons. The smallest absolute Gasteiger partial charge is 0.407 e. The van der Waals surface area contributed by atoms with Crippen molar-refractivity contribution in [1.29, 1.82) is 0 Å². The minimum Gasteiger partial charge on any atom is -0.501 e. The number of alkyl carbamates (subject to hydrolysis) is 2. The zero-order valence-corrected chi connectivity index (χ0v) is 35.0. The number of hydrogen-bond donors (Lipinski definition) is 4. The van der Waals surface area contributed by atoms with E-state index in [1.54, 1.807) is 37.0 Å². The predicted molar refractivity (Wildman–Crippen MR) is 229 cm³/mol. The second-order valence-electron chi connectivity index (χ2n) is 15.3. The van der Waals surface area contributed by atoms with E-state index in [0.717, 1.165) is 44.2 Å². The van der Waals surface area contributed by atoms with Gasteiger partial charge >= 0.3 is 12.2 Å². The molecular weight excluding hydrogens is 781 g/mol. The number of aromatic nitrogens is 4. The number of hydrogen-bond acceptors (Lipinski definition) is 10. The second-order valence-corrected chi connectivity index (χ2v) is 15.3. The van der Waals surface area contributed by atoms with Gasteiger partial charge in [-0.2, -0.15) is 0 Å². The Balaban J connectivity index is 1.12. The summed E-state index contributed by atoms with van der Waals surface area (Å²) in [5.41, 5.74) is 5.96. The topological polar surface area (TPSA) is 193 Å². The van der Waals surface area contributed by atoms with Crippen LogP contribution in [0.3, 0.4) is 0 Å². The fourth-order valence-corrected chi connectivity index (χ4v) is 8.26. The highest BCUT2D eigenvalue weighted by molar-refractivity contribution is 6.05. The summed E-state index contributed by atoms with van der Waals surface area (Å²) in [6.07, 6.45) is 0.881. The van der Waals surface area contributed by atoms with Crippen LogP contribution >= 0.6 is 0 Å². The van der Waals surface area contributed by atoms with Gasteiger partial charge in [0.2, 0.25) is 11.8 Å². The van der Waals surface area contributed by atoms with Crippen molar-refractivity contribution >= 4 is 45.8 Å². The van der Waals surface area contributed by atoms with E-state index in [1.165, 1.54) is 21.3 Å². The summed E-state index contributed by atoms with van der Waals surface area (Å²) in [6, 6.07) is 15.7. The Morgan fingerprint density at radius 2 is 1.38 bits per heavy atom. The number of aromatic amines is 2. The summed E-state index contributed by atoms with van der Waals surface area (Å²) in [5.74, 6) is 1.16. The summed E-state index contributed by atoms with van der Waals surface area (Å²) >= 11 is 0. The molecule has 0 aliphatic carbocycles. The zero-order valence-electron chi connectivity index (χ0n) is 35.0.